The Balaban J connectivity index is 2.13. The van der Waals surface area contributed by atoms with Gasteiger partial charge in [-0.1, -0.05) is 13.0 Å². The highest BCUT2D eigenvalue weighted by Gasteiger charge is 2.28. The van der Waals surface area contributed by atoms with Crippen LogP contribution in [0, 0.1) is 5.92 Å². The van der Waals surface area contributed by atoms with E-state index in [9.17, 15) is 4.79 Å². The number of esters is 1. The summed E-state index contributed by atoms with van der Waals surface area (Å²) in [5.41, 5.74) is 0. The van der Waals surface area contributed by atoms with E-state index in [0.29, 0.717) is 12.5 Å². The zero-order chi connectivity index (χ0) is 8.97. The maximum atomic E-state index is 10.8. The van der Waals surface area contributed by atoms with E-state index in [1.807, 2.05) is 0 Å². The molecule has 12 heavy (non-hydrogen) atoms. The highest BCUT2D eigenvalue weighted by atomic mass is 16.6. The number of allylic oxidation sites excluding steroid dienone is 1. The van der Waals surface area contributed by atoms with E-state index in [-0.39, 0.29) is 12.1 Å². The second kappa shape index (κ2) is 4.26. The molecule has 0 amide bonds. The number of carbonyl (C=O) groups is 1. The first kappa shape index (κ1) is 9.26. The Morgan fingerprint density at radius 3 is 2.92 bits per heavy atom. The van der Waals surface area contributed by atoms with Crippen molar-refractivity contribution in [2.24, 2.45) is 5.92 Å². The third-order valence-electron chi connectivity index (χ3n) is 1.90. The van der Waals surface area contributed by atoms with Crippen molar-refractivity contribution in [3.63, 3.8) is 0 Å². The van der Waals surface area contributed by atoms with Gasteiger partial charge in [0.1, 0.15) is 6.61 Å². The summed E-state index contributed by atoms with van der Waals surface area (Å²) in [6.07, 6.45) is 3.18. The molecule has 0 spiro atoms. The summed E-state index contributed by atoms with van der Waals surface area (Å²) < 4.78 is 10.1. The molecule has 3 heteroatoms. The second-order valence-electron chi connectivity index (χ2n) is 2.98. The molecule has 0 N–H and O–H groups in total. The molecule has 0 aromatic rings. The highest BCUT2D eigenvalue weighted by Crippen LogP contribution is 2.19. The van der Waals surface area contributed by atoms with Gasteiger partial charge in [0, 0.05) is 12.0 Å². The molecule has 0 saturated carbocycles. The SMILES string of the molecule is CC=CC(=O)OCC1OCC1C. The van der Waals surface area contributed by atoms with Gasteiger partial charge in [-0.2, -0.15) is 0 Å². The van der Waals surface area contributed by atoms with Crippen molar-refractivity contribution in [1.29, 1.82) is 0 Å². The molecule has 1 rings (SSSR count). The Morgan fingerprint density at radius 2 is 2.50 bits per heavy atom. The number of rotatable bonds is 3. The van der Waals surface area contributed by atoms with Gasteiger partial charge in [-0.05, 0) is 6.92 Å². The van der Waals surface area contributed by atoms with Crippen LogP contribution in [-0.4, -0.2) is 25.3 Å². The first-order valence-corrected chi connectivity index (χ1v) is 4.15. The minimum absolute atomic E-state index is 0.110. The number of ether oxygens (including phenoxy) is 2. The van der Waals surface area contributed by atoms with Gasteiger partial charge in [-0.15, -0.1) is 0 Å². The summed E-state index contributed by atoms with van der Waals surface area (Å²) in [6.45, 7) is 5.03. The maximum absolute atomic E-state index is 10.8. The van der Waals surface area contributed by atoms with E-state index in [0.717, 1.165) is 6.61 Å². The van der Waals surface area contributed by atoms with Crippen molar-refractivity contribution >= 4 is 5.97 Å². The minimum Gasteiger partial charge on any atom is -0.460 e. The van der Waals surface area contributed by atoms with E-state index in [1.165, 1.54) is 6.08 Å². The molecule has 1 heterocycles. The third kappa shape index (κ3) is 2.34. The fourth-order valence-corrected chi connectivity index (χ4v) is 0.986. The smallest absolute Gasteiger partial charge is 0.330 e. The molecule has 0 aromatic carbocycles. The molecule has 1 aliphatic heterocycles. The number of carbonyl (C=O) groups excluding carboxylic acids is 1. The fourth-order valence-electron chi connectivity index (χ4n) is 0.986. The van der Waals surface area contributed by atoms with Crippen molar-refractivity contribution in [3.05, 3.63) is 12.2 Å². The highest BCUT2D eigenvalue weighted by molar-refractivity contribution is 5.81. The van der Waals surface area contributed by atoms with Crippen molar-refractivity contribution < 1.29 is 14.3 Å². The molecule has 0 aliphatic carbocycles. The molecule has 1 aliphatic rings. The molecule has 1 saturated heterocycles. The van der Waals surface area contributed by atoms with Gasteiger partial charge in [-0.25, -0.2) is 4.79 Å². The first-order valence-electron chi connectivity index (χ1n) is 4.15. The monoisotopic (exact) mass is 170 g/mol. The van der Waals surface area contributed by atoms with Crippen LogP contribution in [0.3, 0.4) is 0 Å². The van der Waals surface area contributed by atoms with Crippen LogP contribution >= 0.6 is 0 Å². The van der Waals surface area contributed by atoms with Crippen LogP contribution < -0.4 is 0 Å². The zero-order valence-electron chi connectivity index (χ0n) is 7.45. The lowest BCUT2D eigenvalue weighted by Crippen LogP contribution is -2.41. The summed E-state index contributed by atoms with van der Waals surface area (Å²) in [4.78, 5) is 10.8. The van der Waals surface area contributed by atoms with Gasteiger partial charge in [0.15, 0.2) is 0 Å². The maximum Gasteiger partial charge on any atom is 0.330 e. The van der Waals surface area contributed by atoms with Crippen LogP contribution in [0.4, 0.5) is 0 Å². The lowest BCUT2D eigenvalue weighted by Gasteiger charge is -2.33. The van der Waals surface area contributed by atoms with E-state index < -0.39 is 0 Å². The first-order chi connectivity index (χ1) is 5.74. The Bertz CT molecular complexity index is 186. The lowest BCUT2D eigenvalue weighted by molar-refractivity contribution is -0.160. The Hall–Kier alpha value is -0.830. The largest absolute Gasteiger partial charge is 0.460 e. The Morgan fingerprint density at radius 1 is 1.75 bits per heavy atom. The zero-order valence-corrected chi connectivity index (χ0v) is 7.45. The molecule has 68 valence electrons. The van der Waals surface area contributed by atoms with Gasteiger partial charge in [-0.3, -0.25) is 0 Å². The van der Waals surface area contributed by atoms with Gasteiger partial charge in [0.05, 0.1) is 12.7 Å². The quantitative estimate of drug-likeness (QED) is 0.470. The molecule has 2 unspecified atom stereocenters. The van der Waals surface area contributed by atoms with Crippen LogP contribution in [-0.2, 0) is 14.3 Å². The summed E-state index contributed by atoms with van der Waals surface area (Å²) in [7, 11) is 0. The minimum atomic E-state index is -0.291. The topological polar surface area (TPSA) is 35.5 Å². The van der Waals surface area contributed by atoms with Crippen LogP contribution in [0.15, 0.2) is 12.2 Å². The standard InChI is InChI=1S/C9H14O3/c1-3-4-9(10)12-6-8-7(2)5-11-8/h3-4,7-8H,5-6H2,1-2H3. The fraction of sp³-hybridized carbons (Fsp3) is 0.667. The predicted octanol–water partition coefficient (Wildman–Crippen LogP) is 1.14. The molecule has 3 nitrogen and oxygen atoms in total. The van der Waals surface area contributed by atoms with Gasteiger partial charge < -0.3 is 9.47 Å². The van der Waals surface area contributed by atoms with Crippen LogP contribution in [0.2, 0.25) is 0 Å². The Kier molecular flexibility index (Phi) is 3.29. The van der Waals surface area contributed by atoms with E-state index in [4.69, 9.17) is 9.47 Å². The van der Waals surface area contributed by atoms with Gasteiger partial charge >= 0.3 is 5.97 Å². The molecule has 1 fully saturated rings. The molecule has 2 atom stereocenters. The van der Waals surface area contributed by atoms with E-state index in [1.54, 1.807) is 13.0 Å². The normalized spacial score (nSPS) is 28.5. The van der Waals surface area contributed by atoms with Crippen LogP contribution in [0.25, 0.3) is 0 Å². The molecule has 0 aromatic heterocycles. The van der Waals surface area contributed by atoms with E-state index >= 15 is 0 Å². The molecular formula is C9H14O3. The average molecular weight is 170 g/mol. The molecular weight excluding hydrogens is 156 g/mol. The molecule has 0 radical (unpaired) electrons. The van der Waals surface area contributed by atoms with Gasteiger partial charge in [0.2, 0.25) is 0 Å². The number of hydrogen-bond donors (Lipinski definition) is 0. The summed E-state index contributed by atoms with van der Waals surface area (Å²) in [5.74, 6) is 0.226. The van der Waals surface area contributed by atoms with Crippen molar-refractivity contribution in [1.82, 2.24) is 0 Å². The van der Waals surface area contributed by atoms with Crippen molar-refractivity contribution in [2.75, 3.05) is 13.2 Å². The third-order valence-corrected chi connectivity index (χ3v) is 1.90. The van der Waals surface area contributed by atoms with Crippen LogP contribution in [0.1, 0.15) is 13.8 Å². The summed E-state index contributed by atoms with van der Waals surface area (Å²) in [5, 5.41) is 0. The Labute approximate surface area is 72.4 Å². The lowest BCUT2D eigenvalue weighted by atomic mass is 10.0. The number of hydrogen-bond acceptors (Lipinski definition) is 3. The van der Waals surface area contributed by atoms with Gasteiger partial charge in [0.25, 0.3) is 0 Å². The second-order valence-corrected chi connectivity index (χ2v) is 2.98. The van der Waals surface area contributed by atoms with Crippen molar-refractivity contribution in [2.45, 2.75) is 20.0 Å². The van der Waals surface area contributed by atoms with Crippen LogP contribution in [0.5, 0.6) is 0 Å². The predicted molar refractivity (Wildman–Crippen MR) is 44.7 cm³/mol. The van der Waals surface area contributed by atoms with Crippen molar-refractivity contribution in [3.8, 4) is 0 Å². The van der Waals surface area contributed by atoms with E-state index in [2.05, 4.69) is 6.92 Å². The summed E-state index contributed by atoms with van der Waals surface area (Å²) >= 11 is 0. The summed E-state index contributed by atoms with van der Waals surface area (Å²) in [6, 6.07) is 0. The average Bonchev–Trinajstić information content (AvgIpc) is 2.03. The molecule has 0 bridgehead atoms.